The van der Waals surface area contributed by atoms with E-state index < -0.39 is 5.97 Å². The molecule has 0 saturated carbocycles. The Balaban J connectivity index is 2.49. The quantitative estimate of drug-likeness (QED) is 0.872. The fraction of sp³-hybridized carbons (Fsp3) is 0.286. The average Bonchev–Trinajstić information content (AvgIpc) is 2.78. The Morgan fingerprint density at radius 1 is 1.35 bits per heavy atom. The number of benzene rings is 1. The van der Waals surface area contributed by atoms with Gasteiger partial charge in [-0.3, -0.25) is 4.79 Å². The molecule has 0 amide bonds. The van der Waals surface area contributed by atoms with Crippen molar-refractivity contribution in [1.29, 1.82) is 0 Å². The second kappa shape index (κ2) is 5.64. The number of nitrogens with zero attached hydrogens (tertiary/aromatic N) is 1. The number of H-pyrrole nitrogens is 1. The Kier molecular flexibility index (Phi) is 3.93. The van der Waals surface area contributed by atoms with Crippen molar-refractivity contribution in [3.05, 3.63) is 29.6 Å². The van der Waals surface area contributed by atoms with Crippen LogP contribution in [0.1, 0.15) is 11.4 Å². The van der Waals surface area contributed by atoms with Gasteiger partial charge in [0.25, 0.3) is 0 Å². The highest BCUT2D eigenvalue weighted by atomic mass is 16.5. The molecule has 6 heteroatoms. The van der Waals surface area contributed by atoms with Gasteiger partial charge in [-0.2, -0.15) is 0 Å². The van der Waals surface area contributed by atoms with Crippen molar-refractivity contribution in [2.75, 3.05) is 14.2 Å². The number of aliphatic carboxylic acids is 1. The zero-order chi connectivity index (χ0) is 14.7. The summed E-state index contributed by atoms with van der Waals surface area (Å²) in [4.78, 5) is 18.2. The van der Waals surface area contributed by atoms with Crippen LogP contribution in [-0.2, 0) is 11.2 Å². The number of carbonyl (C=O) groups is 1. The highest BCUT2D eigenvalue weighted by molar-refractivity contribution is 5.72. The molecule has 0 unspecified atom stereocenters. The van der Waals surface area contributed by atoms with Gasteiger partial charge in [0.1, 0.15) is 5.82 Å². The third kappa shape index (κ3) is 2.59. The van der Waals surface area contributed by atoms with E-state index in [2.05, 4.69) is 9.97 Å². The molecule has 0 saturated heterocycles. The first kappa shape index (κ1) is 13.9. The van der Waals surface area contributed by atoms with Crippen LogP contribution in [-0.4, -0.2) is 35.3 Å². The molecular weight excluding hydrogens is 260 g/mol. The van der Waals surface area contributed by atoms with E-state index >= 15 is 0 Å². The van der Waals surface area contributed by atoms with Gasteiger partial charge in [0.05, 0.1) is 31.9 Å². The van der Waals surface area contributed by atoms with Gasteiger partial charge in [0.2, 0.25) is 0 Å². The van der Waals surface area contributed by atoms with Crippen LogP contribution >= 0.6 is 0 Å². The molecule has 1 aromatic heterocycles. The van der Waals surface area contributed by atoms with E-state index in [1.54, 1.807) is 27.2 Å². The molecule has 20 heavy (non-hydrogen) atoms. The van der Waals surface area contributed by atoms with E-state index in [-0.39, 0.29) is 6.42 Å². The summed E-state index contributed by atoms with van der Waals surface area (Å²) >= 11 is 0. The summed E-state index contributed by atoms with van der Waals surface area (Å²) in [6.45, 7) is 1.79. The molecule has 0 bridgehead atoms. The predicted molar refractivity (Wildman–Crippen MR) is 73.2 cm³/mol. The molecule has 2 rings (SSSR count). The lowest BCUT2D eigenvalue weighted by atomic mass is 10.1. The zero-order valence-corrected chi connectivity index (χ0v) is 11.6. The second-order valence-electron chi connectivity index (χ2n) is 4.27. The minimum atomic E-state index is -0.913. The van der Waals surface area contributed by atoms with Gasteiger partial charge in [-0.25, -0.2) is 4.98 Å². The minimum absolute atomic E-state index is 0.116. The largest absolute Gasteiger partial charge is 0.493 e. The maximum Gasteiger partial charge on any atom is 0.309 e. The molecule has 0 fully saturated rings. The summed E-state index contributed by atoms with van der Waals surface area (Å²) in [5.41, 5.74) is 1.97. The first-order chi connectivity index (χ1) is 9.56. The number of aromatic amines is 1. The summed E-state index contributed by atoms with van der Waals surface area (Å²) in [5, 5.41) is 8.86. The summed E-state index contributed by atoms with van der Waals surface area (Å²) in [6.07, 6.45) is -0.116. The maximum atomic E-state index is 10.8. The number of ether oxygens (including phenoxy) is 2. The number of methoxy groups -OCH3 is 2. The number of rotatable bonds is 5. The van der Waals surface area contributed by atoms with Crippen molar-refractivity contribution in [3.8, 4) is 22.9 Å². The van der Waals surface area contributed by atoms with Gasteiger partial charge in [0, 0.05) is 5.69 Å². The number of aryl methyl sites for hydroxylation is 1. The molecule has 1 heterocycles. The number of nitrogens with one attached hydrogen (secondary N) is 1. The monoisotopic (exact) mass is 276 g/mol. The molecule has 0 spiro atoms. The van der Waals surface area contributed by atoms with Crippen LogP contribution in [0.15, 0.2) is 18.2 Å². The Morgan fingerprint density at radius 2 is 2.10 bits per heavy atom. The number of imidazole rings is 1. The van der Waals surface area contributed by atoms with Gasteiger partial charge >= 0.3 is 5.97 Å². The normalized spacial score (nSPS) is 10.3. The Hall–Kier alpha value is -2.50. The van der Waals surface area contributed by atoms with E-state index in [0.717, 1.165) is 11.3 Å². The van der Waals surface area contributed by atoms with Crippen molar-refractivity contribution >= 4 is 5.97 Å². The van der Waals surface area contributed by atoms with Gasteiger partial charge in [0.15, 0.2) is 11.5 Å². The highest BCUT2D eigenvalue weighted by Gasteiger charge is 2.17. The smallest absolute Gasteiger partial charge is 0.309 e. The zero-order valence-electron chi connectivity index (χ0n) is 11.6. The van der Waals surface area contributed by atoms with Gasteiger partial charge in [-0.05, 0) is 19.1 Å². The summed E-state index contributed by atoms with van der Waals surface area (Å²) < 4.78 is 10.6. The number of hydrogen-bond acceptors (Lipinski definition) is 4. The van der Waals surface area contributed by atoms with Crippen molar-refractivity contribution in [1.82, 2.24) is 9.97 Å². The Morgan fingerprint density at radius 3 is 2.70 bits per heavy atom. The minimum Gasteiger partial charge on any atom is -0.493 e. The van der Waals surface area contributed by atoms with E-state index in [1.807, 2.05) is 12.1 Å². The molecule has 1 aromatic carbocycles. The van der Waals surface area contributed by atoms with Crippen molar-refractivity contribution in [2.24, 2.45) is 0 Å². The first-order valence-electron chi connectivity index (χ1n) is 6.05. The molecule has 0 aliphatic carbocycles. The van der Waals surface area contributed by atoms with Crippen LogP contribution in [0.5, 0.6) is 11.5 Å². The molecule has 0 aliphatic heterocycles. The van der Waals surface area contributed by atoms with E-state index in [9.17, 15) is 4.79 Å². The van der Waals surface area contributed by atoms with E-state index in [1.165, 1.54) is 0 Å². The van der Waals surface area contributed by atoms with Crippen LogP contribution < -0.4 is 9.47 Å². The average molecular weight is 276 g/mol. The fourth-order valence-electron chi connectivity index (χ4n) is 2.01. The molecule has 0 radical (unpaired) electrons. The van der Waals surface area contributed by atoms with E-state index in [4.69, 9.17) is 14.6 Å². The van der Waals surface area contributed by atoms with Gasteiger partial charge in [-0.1, -0.05) is 6.07 Å². The Labute approximate surface area is 116 Å². The SMILES string of the molecule is COc1cccc(-c2nc(CC(=O)O)c(C)[nH]2)c1OC. The Bertz CT molecular complexity index is 634. The lowest BCUT2D eigenvalue weighted by Gasteiger charge is -2.10. The van der Waals surface area contributed by atoms with Crippen molar-refractivity contribution < 1.29 is 19.4 Å². The molecule has 0 aliphatic rings. The number of carboxylic acids is 1. The van der Waals surface area contributed by atoms with Crippen LogP contribution in [0, 0.1) is 6.92 Å². The van der Waals surface area contributed by atoms with Crippen LogP contribution in [0.4, 0.5) is 0 Å². The first-order valence-corrected chi connectivity index (χ1v) is 6.05. The molecule has 2 N–H and O–H groups in total. The van der Waals surface area contributed by atoms with Crippen LogP contribution in [0.2, 0.25) is 0 Å². The number of para-hydroxylation sites is 1. The van der Waals surface area contributed by atoms with Gasteiger partial charge in [-0.15, -0.1) is 0 Å². The van der Waals surface area contributed by atoms with E-state index in [0.29, 0.717) is 23.0 Å². The fourth-order valence-corrected chi connectivity index (χ4v) is 2.01. The maximum absolute atomic E-state index is 10.8. The molecule has 6 nitrogen and oxygen atoms in total. The summed E-state index contributed by atoms with van der Waals surface area (Å²) in [5.74, 6) is 0.808. The second-order valence-corrected chi connectivity index (χ2v) is 4.27. The third-order valence-corrected chi connectivity index (χ3v) is 2.96. The molecular formula is C14H16N2O4. The topological polar surface area (TPSA) is 84.4 Å². The standard InChI is InChI=1S/C14H16N2O4/c1-8-10(7-12(17)18)16-14(15-8)9-5-4-6-11(19-2)13(9)20-3/h4-6H,7H2,1-3H3,(H,15,16)(H,17,18). The summed E-state index contributed by atoms with van der Waals surface area (Å²) in [6, 6.07) is 5.45. The lowest BCUT2D eigenvalue weighted by Crippen LogP contribution is -2.01. The molecule has 0 atom stereocenters. The number of hydrogen-bond donors (Lipinski definition) is 2. The van der Waals surface area contributed by atoms with Crippen LogP contribution in [0.3, 0.4) is 0 Å². The van der Waals surface area contributed by atoms with Crippen molar-refractivity contribution in [3.63, 3.8) is 0 Å². The summed E-state index contributed by atoms with van der Waals surface area (Å²) in [7, 11) is 3.11. The number of carboxylic acid groups (broad SMARTS) is 1. The lowest BCUT2D eigenvalue weighted by molar-refractivity contribution is -0.136. The number of aromatic nitrogens is 2. The van der Waals surface area contributed by atoms with Crippen molar-refractivity contribution in [2.45, 2.75) is 13.3 Å². The van der Waals surface area contributed by atoms with Crippen LogP contribution in [0.25, 0.3) is 11.4 Å². The molecule has 106 valence electrons. The highest BCUT2D eigenvalue weighted by Crippen LogP contribution is 2.36. The molecule has 2 aromatic rings. The van der Waals surface area contributed by atoms with Gasteiger partial charge < -0.3 is 19.6 Å². The third-order valence-electron chi connectivity index (χ3n) is 2.96. The predicted octanol–water partition coefficient (Wildman–Crippen LogP) is 2.03.